The predicted molar refractivity (Wildman–Crippen MR) is 122 cm³/mol. The average molecular weight is 450 g/mol. The third-order valence-corrected chi connectivity index (χ3v) is 5.29. The smallest absolute Gasteiger partial charge is 0.292 e. The van der Waals surface area contributed by atoms with Crippen molar-refractivity contribution in [1.82, 2.24) is 20.4 Å². The van der Waals surface area contributed by atoms with Gasteiger partial charge in [0.25, 0.3) is 11.7 Å². The number of benzene rings is 1. The molecule has 2 amide bonds. The minimum absolute atomic E-state index is 0.00642. The molecule has 1 fully saturated rings. The molecule has 1 aromatic carbocycles. The fourth-order valence-corrected chi connectivity index (χ4v) is 3.20. The molecule has 2 N–H and O–H groups in total. The number of carbonyl (C=O) groups excluding carboxylic acids is 2. The molecule has 2 aromatic heterocycles. The van der Waals surface area contributed by atoms with Gasteiger partial charge in [-0.15, -0.1) is 0 Å². The Labute approximate surface area is 191 Å². The van der Waals surface area contributed by atoms with Gasteiger partial charge in [-0.2, -0.15) is 4.98 Å². The lowest BCUT2D eigenvalue weighted by Gasteiger charge is -2.12. The van der Waals surface area contributed by atoms with Crippen molar-refractivity contribution in [2.45, 2.75) is 45.6 Å². The molecular weight excluding hydrogens is 422 g/mol. The number of nitrogens with zero attached hydrogens (tertiary/aromatic N) is 3. The van der Waals surface area contributed by atoms with E-state index in [2.05, 4.69) is 25.8 Å². The zero-order chi connectivity index (χ0) is 23.6. The molecule has 0 bridgehead atoms. The third-order valence-electron chi connectivity index (χ3n) is 5.29. The Morgan fingerprint density at radius 3 is 2.58 bits per heavy atom. The average Bonchev–Trinajstić information content (AvgIpc) is 3.52. The summed E-state index contributed by atoms with van der Waals surface area (Å²) < 4.78 is 10.7. The van der Waals surface area contributed by atoms with Gasteiger partial charge in [-0.05, 0) is 42.2 Å². The molecule has 0 atom stereocenters. The van der Waals surface area contributed by atoms with Crippen LogP contribution in [-0.4, -0.2) is 34.0 Å². The van der Waals surface area contributed by atoms with Crippen LogP contribution in [0.1, 0.15) is 55.7 Å². The second-order valence-electron chi connectivity index (χ2n) is 9.08. The molecule has 1 aliphatic carbocycles. The van der Waals surface area contributed by atoms with Crippen molar-refractivity contribution in [3.63, 3.8) is 0 Å². The normalized spacial score (nSPS) is 13.5. The number of nitrogens with one attached hydrogen (secondary N) is 2. The molecule has 9 nitrogen and oxygen atoms in total. The second kappa shape index (κ2) is 9.01. The molecular formula is C24H27N5O4. The fraction of sp³-hybridized carbons (Fsp3) is 0.375. The number of anilines is 1. The highest BCUT2D eigenvalue weighted by Crippen LogP contribution is 2.31. The third kappa shape index (κ3) is 5.36. The van der Waals surface area contributed by atoms with Crippen molar-refractivity contribution >= 4 is 17.6 Å². The minimum Gasteiger partial charge on any atom is -0.496 e. The van der Waals surface area contributed by atoms with Crippen LogP contribution < -0.4 is 15.4 Å². The lowest BCUT2D eigenvalue weighted by molar-refractivity contribution is -0.117. The van der Waals surface area contributed by atoms with Crippen molar-refractivity contribution in [2.24, 2.45) is 5.92 Å². The summed E-state index contributed by atoms with van der Waals surface area (Å²) in [5, 5.41) is 9.43. The van der Waals surface area contributed by atoms with Crippen LogP contribution in [0.2, 0.25) is 0 Å². The topological polar surface area (TPSA) is 119 Å². The van der Waals surface area contributed by atoms with E-state index in [-0.39, 0.29) is 29.6 Å². The highest BCUT2D eigenvalue weighted by Gasteiger charge is 2.29. The van der Waals surface area contributed by atoms with E-state index in [0.29, 0.717) is 17.5 Å². The van der Waals surface area contributed by atoms with Gasteiger partial charge < -0.3 is 19.9 Å². The molecule has 172 valence electrons. The van der Waals surface area contributed by atoms with Gasteiger partial charge >= 0.3 is 0 Å². The summed E-state index contributed by atoms with van der Waals surface area (Å²) in [6, 6.07) is 9.40. The van der Waals surface area contributed by atoms with Crippen LogP contribution in [0, 0.1) is 5.92 Å². The molecule has 9 heteroatoms. The molecule has 0 spiro atoms. The van der Waals surface area contributed by atoms with Gasteiger partial charge in [-0.3, -0.25) is 9.59 Å². The van der Waals surface area contributed by atoms with E-state index in [1.807, 2.05) is 51.1 Å². The van der Waals surface area contributed by atoms with Crippen LogP contribution in [0.25, 0.3) is 11.1 Å². The van der Waals surface area contributed by atoms with E-state index in [4.69, 9.17) is 9.26 Å². The molecule has 1 aliphatic rings. The fourth-order valence-electron chi connectivity index (χ4n) is 3.20. The van der Waals surface area contributed by atoms with Gasteiger partial charge in [-0.1, -0.05) is 38.1 Å². The van der Waals surface area contributed by atoms with Crippen molar-refractivity contribution in [3.05, 3.63) is 53.8 Å². The number of pyridine rings is 1. The summed E-state index contributed by atoms with van der Waals surface area (Å²) in [6.45, 7) is 6.03. The maximum atomic E-state index is 12.4. The van der Waals surface area contributed by atoms with Gasteiger partial charge in [0.1, 0.15) is 11.6 Å². The molecule has 0 radical (unpaired) electrons. The Morgan fingerprint density at radius 1 is 1.15 bits per heavy atom. The molecule has 0 unspecified atom stereocenters. The lowest BCUT2D eigenvalue weighted by Crippen LogP contribution is -2.24. The zero-order valence-electron chi connectivity index (χ0n) is 19.1. The van der Waals surface area contributed by atoms with E-state index in [1.165, 1.54) is 0 Å². The predicted octanol–water partition coefficient (Wildman–Crippen LogP) is 3.72. The Balaban J connectivity index is 1.45. The first-order chi connectivity index (χ1) is 15.7. The Morgan fingerprint density at radius 2 is 1.91 bits per heavy atom. The van der Waals surface area contributed by atoms with Gasteiger partial charge in [-0.25, -0.2) is 4.98 Å². The number of methoxy groups -OCH3 is 1. The van der Waals surface area contributed by atoms with Crippen LogP contribution >= 0.6 is 0 Å². The maximum Gasteiger partial charge on any atom is 0.292 e. The van der Waals surface area contributed by atoms with E-state index in [9.17, 15) is 9.59 Å². The Bertz CT molecular complexity index is 1180. The highest BCUT2D eigenvalue weighted by atomic mass is 16.5. The monoisotopic (exact) mass is 449 g/mol. The number of carbonyl (C=O) groups is 2. The number of ether oxygens (including phenoxy) is 1. The number of rotatable bonds is 7. The van der Waals surface area contributed by atoms with Crippen molar-refractivity contribution in [1.29, 1.82) is 0 Å². The minimum atomic E-state index is -0.425. The SMILES string of the molecule is COc1cc(-c2ccnc(NC(=O)C3CC3)c2)ccc1CNC(=O)c1noc(C(C)(C)C)n1. The molecule has 0 aliphatic heterocycles. The quantitative estimate of drug-likeness (QED) is 0.564. The van der Waals surface area contributed by atoms with Crippen molar-refractivity contribution < 1.29 is 18.8 Å². The van der Waals surface area contributed by atoms with E-state index < -0.39 is 5.91 Å². The molecule has 1 saturated carbocycles. The number of hydrogen-bond donors (Lipinski definition) is 2. The summed E-state index contributed by atoms with van der Waals surface area (Å²) >= 11 is 0. The first kappa shape index (κ1) is 22.4. The van der Waals surface area contributed by atoms with Gasteiger partial charge in [0.2, 0.25) is 11.8 Å². The zero-order valence-corrected chi connectivity index (χ0v) is 19.1. The van der Waals surface area contributed by atoms with Gasteiger partial charge in [0.15, 0.2) is 0 Å². The summed E-state index contributed by atoms with van der Waals surface area (Å²) in [6.07, 6.45) is 3.53. The molecule has 3 aromatic rings. The van der Waals surface area contributed by atoms with E-state index in [0.717, 1.165) is 29.5 Å². The van der Waals surface area contributed by atoms with Crippen LogP contribution in [0.5, 0.6) is 5.75 Å². The lowest BCUT2D eigenvalue weighted by atomic mass is 9.97. The number of hydrogen-bond acceptors (Lipinski definition) is 7. The van der Waals surface area contributed by atoms with Crippen LogP contribution in [0.3, 0.4) is 0 Å². The molecule has 4 rings (SSSR count). The Kier molecular flexibility index (Phi) is 6.13. The molecule has 0 saturated heterocycles. The standard InChI is InChI=1S/C24H27N5O4/c1-24(2,3)23-28-20(29-33-23)22(31)26-13-17-8-7-15(11-18(17)32-4)16-9-10-25-19(12-16)27-21(30)14-5-6-14/h7-12,14H,5-6,13H2,1-4H3,(H,26,31)(H,25,27,30). The summed E-state index contributed by atoms with van der Waals surface area (Å²) in [7, 11) is 1.58. The van der Waals surface area contributed by atoms with Gasteiger partial charge in [0, 0.05) is 29.6 Å². The van der Waals surface area contributed by atoms with Gasteiger partial charge in [0.05, 0.1) is 7.11 Å². The summed E-state index contributed by atoms with van der Waals surface area (Å²) in [5.41, 5.74) is 2.26. The molecule has 33 heavy (non-hydrogen) atoms. The number of aromatic nitrogens is 3. The summed E-state index contributed by atoms with van der Waals surface area (Å²) in [4.78, 5) is 32.9. The van der Waals surface area contributed by atoms with Crippen LogP contribution in [0.15, 0.2) is 41.1 Å². The first-order valence-corrected chi connectivity index (χ1v) is 10.8. The van der Waals surface area contributed by atoms with E-state index >= 15 is 0 Å². The van der Waals surface area contributed by atoms with Crippen LogP contribution in [0.4, 0.5) is 5.82 Å². The Hall–Kier alpha value is -3.75. The van der Waals surface area contributed by atoms with E-state index in [1.54, 1.807) is 13.3 Å². The highest BCUT2D eigenvalue weighted by molar-refractivity contribution is 5.93. The van der Waals surface area contributed by atoms with Crippen molar-refractivity contribution in [3.8, 4) is 16.9 Å². The second-order valence-corrected chi connectivity index (χ2v) is 9.08. The first-order valence-electron chi connectivity index (χ1n) is 10.8. The van der Waals surface area contributed by atoms with Crippen LogP contribution in [-0.2, 0) is 16.8 Å². The summed E-state index contributed by atoms with van der Waals surface area (Å²) in [5.74, 6) is 1.24. The van der Waals surface area contributed by atoms with Crippen molar-refractivity contribution in [2.75, 3.05) is 12.4 Å². The molecule has 2 heterocycles. The maximum absolute atomic E-state index is 12.4. The number of amides is 2. The largest absolute Gasteiger partial charge is 0.496 e.